The highest BCUT2D eigenvalue weighted by Crippen LogP contribution is 2.34. The lowest BCUT2D eigenvalue weighted by atomic mass is 10.0. The predicted octanol–water partition coefficient (Wildman–Crippen LogP) is 1.89. The first-order valence-electron chi connectivity index (χ1n) is 7.73. The normalized spacial score (nSPS) is 15.5. The van der Waals surface area contributed by atoms with E-state index in [1.807, 2.05) is 12.1 Å². The first kappa shape index (κ1) is 16.8. The molecule has 0 aromatic heterocycles. The molecule has 3 rings (SSSR count). The summed E-state index contributed by atoms with van der Waals surface area (Å²) in [5, 5.41) is 4.98. The second-order valence-corrected chi connectivity index (χ2v) is 5.60. The molecule has 1 heterocycles. The van der Waals surface area contributed by atoms with Crippen LogP contribution in [0.5, 0.6) is 11.5 Å². The molecule has 0 bridgehead atoms. The van der Waals surface area contributed by atoms with Crippen LogP contribution in [0.4, 0.5) is 10.1 Å². The monoisotopic (exact) mass is 344 g/mol. The zero-order valence-corrected chi connectivity index (χ0v) is 13.5. The van der Waals surface area contributed by atoms with Gasteiger partial charge >= 0.3 is 11.8 Å². The maximum Gasteiger partial charge on any atom is 0.313 e. The van der Waals surface area contributed by atoms with Crippen molar-refractivity contribution in [2.75, 3.05) is 19.0 Å². The Labute approximate surface area is 143 Å². The van der Waals surface area contributed by atoms with Gasteiger partial charge in [0.25, 0.3) is 0 Å². The Balaban J connectivity index is 1.61. The average molecular weight is 344 g/mol. The van der Waals surface area contributed by atoms with E-state index >= 15 is 0 Å². The van der Waals surface area contributed by atoms with Crippen molar-refractivity contribution in [2.24, 2.45) is 0 Å². The van der Waals surface area contributed by atoms with Crippen molar-refractivity contribution in [2.45, 2.75) is 12.5 Å². The van der Waals surface area contributed by atoms with E-state index in [9.17, 15) is 14.0 Å². The number of halogens is 1. The summed E-state index contributed by atoms with van der Waals surface area (Å²) in [4.78, 5) is 24.0. The highest BCUT2D eigenvalue weighted by Gasteiger charge is 2.26. The number of carbonyl (C=O) groups excluding carboxylic acids is 2. The molecule has 2 amide bonds. The third-order valence-electron chi connectivity index (χ3n) is 3.80. The molecule has 0 saturated carbocycles. The van der Waals surface area contributed by atoms with E-state index in [4.69, 9.17) is 9.47 Å². The van der Waals surface area contributed by atoms with E-state index in [1.165, 1.54) is 18.2 Å². The van der Waals surface area contributed by atoms with Crippen LogP contribution in [0.1, 0.15) is 5.56 Å². The fourth-order valence-corrected chi connectivity index (χ4v) is 2.65. The molecular formula is C18H17FN2O4. The molecule has 2 aromatic rings. The fraction of sp³-hybridized carbons (Fsp3) is 0.222. The Kier molecular flexibility index (Phi) is 4.83. The summed E-state index contributed by atoms with van der Waals surface area (Å²) < 4.78 is 24.0. The third kappa shape index (κ3) is 3.88. The minimum atomic E-state index is -0.859. The summed E-state index contributed by atoms with van der Waals surface area (Å²) in [6.45, 7) is 0.229. The predicted molar refractivity (Wildman–Crippen MR) is 89.2 cm³/mol. The van der Waals surface area contributed by atoms with Crippen LogP contribution in [-0.2, 0) is 16.0 Å². The second-order valence-electron chi connectivity index (χ2n) is 5.60. The van der Waals surface area contributed by atoms with E-state index in [1.54, 1.807) is 13.2 Å². The molecule has 130 valence electrons. The Morgan fingerprint density at radius 3 is 2.76 bits per heavy atom. The van der Waals surface area contributed by atoms with E-state index in [-0.39, 0.29) is 18.3 Å². The lowest BCUT2D eigenvalue weighted by Crippen LogP contribution is -2.47. The van der Waals surface area contributed by atoms with Crippen molar-refractivity contribution in [3.63, 3.8) is 0 Å². The maximum absolute atomic E-state index is 13.1. The molecule has 0 saturated heterocycles. The largest absolute Gasteiger partial charge is 0.493 e. The van der Waals surface area contributed by atoms with E-state index < -0.39 is 17.6 Å². The Morgan fingerprint density at radius 2 is 2.00 bits per heavy atom. The van der Waals surface area contributed by atoms with Gasteiger partial charge in [-0.1, -0.05) is 18.2 Å². The second kappa shape index (κ2) is 7.21. The van der Waals surface area contributed by atoms with Gasteiger partial charge in [0.1, 0.15) is 12.4 Å². The number of hydrogen-bond donors (Lipinski definition) is 2. The van der Waals surface area contributed by atoms with Crippen LogP contribution >= 0.6 is 0 Å². The quantitative estimate of drug-likeness (QED) is 0.834. The summed E-state index contributed by atoms with van der Waals surface area (Å²) in [6, 6.07) is 10.5. The van der Waals surface area contributed by atoms with E-state index in [0.29, 0.717) is 17.9 Å². The summed E-state index contributed by atoms with van der Waals surface area (Å²) >= 11 is 0. The van der Waals surface area contributed by atoms with Crippen molar-refractivity contribution in [3.05, 3.63) is 53.8 Å². The van der Waals surface area contributed by atoms with Gasteiger partial charge in [-0.05, 0) is 30.7 Å². The Bertz CT molecular complexity index is 809. The zero-order chi connectivity index (χ0) is 17.8. The van der Waals surface area contributed by atoms with Crippen molar-refractivity contribution in [1.29, 1.82) is 0 Å². The third-order valence-corrected chi connectivity index (χ3v) is 3.80. The first-order chi connectivity index (χ1) is 12.1. The van der Waals surface area contributed by atoms with Crippen molar-refractivity contribution in [1.82, 2.24) is 5.32 Å². The number of carbonyl (C=O) groups is 2. The molecule has 25 heavy (non-hydrogen) atoms. The van der Waals surface area contributed by atoms with Gasteiger partial charge < -0.3 is 20.1 Å². The first-order valence-corrected chi connectivity index (χ1v) is 7.73. The smallest absolute Gasteiger partial charge is 0.313 e. The molecule has 0 unspecified atom stereocenters. The zero-order valence-electron chi connectivity index (χ0n) is 13.5. The molecule has 0 spiro atoms. The minimum Gasteiger partial charge on any atom is -0.493 e. The molecule has 2 N–H and O–H groups in total. The molecule has 0 fully saturated rings. The number of hydrogen-bond acceptors (Lipinski definition) is 4. The highest BCUT2D eigenvalue weighted by molar-refractivity contribution is 6.39. The van der Waals surface area contributed by atoms with Crippen molar-refractivity contribution in [3.8, 4) is 11.5 Å². The molecule has 6 nitrogen and oxygen atoms in total. The number of para-hydroxylation sites is 1. The van der Waals surface area contributed by atoms with Gasteiger partial charge in [-0.2, -0.15) is 0 Å². The van der Waals surface area contributed by atoms with Crippen molar-refractivity contribution < 1.29 is 23.5 Å². The number of nitrogens with one attached hydrogen (secondary N) is 2. The van der Waals surface area contributed by atoms with Crippen LogP contribution in [0, 0.1) is 5.82 Å². The average Bonchev–Trinajstić information content (AvgIpc) is 2.61. The van der Waals surface area contributed by atoms with Gasteiger partial charge in [0.2, 0.25) is 0 Å². The summed E-state index contributed by atoms with van der Waals surface area (Å²) in [7, 11) is 1.56. The molecule has 7 heteroatoms. The number of fused-ring (bicyclic) bond motifs is 1. The SMILES string of the molecule is COc1cccc2c1OC[C@@H](NC(=O)C(=O)Nc1cccc(F)c1)C2. The highest BCUT2D eigenvalue weighted by atomic mass is 19.1. The molecule has 2 aromatic carbocycles. The van der Waals surface area contributed by atoms with Crippen LogP contribution in [0.2, 0.25) is 0 Å². The fourth-order valence-electron chi connectivity index (χ4n) is 2.65. The molecular weight excluding hydrogens is 327 g/mol. The van der Waals surface area contributed by atoms with Gasteiger partial charge in [-0.3, -0.25) is 9.59 Å². The van der Waals surface area contributed by atoms with Crippen molar-refractivity contribution >= 4 is 17.5 Å². The summed E-state index contributed by atoms with van der Waals surface area (Å²) in [5.41, 5.74) is 1.11. The van der Waals surface area contributed by atoms with Gasteiger partial charge in [0, 0.05) is 11.3 Å². The number of ether oxygens (including phenoxy) is 2. The molecule has 0 aliphatic carbocycles. The van der Waals surface area contributed by atoms with Gasteiger partial charge in [-0.15, -0.1) is 0 Å². The number of anilines is 1. The van der Waals surface area contributed by atoms with Crippen LogP contribution in [0.15, 0.2) is 42.5 Å². The number of benzene rings is 2. The van der Waals surface area contributed by atoms with Crippen LogP contribution in [0.25, 0.3) is 0 Å². The molecule has 1 atom stereocenters. The Hall–Kier alpha value is -3.09. The van der Waals surface area contributed by atoms with Crippen LogP contribution in [0.3, 0.4) is 0 Å². The molecule has 1 aliphatic rings. The van der Waals surface area contributed by atoms with Gasteiger partial charge in [-0.25, -0.2) is 4.39 Å². The van der Waals surface area contributed by atoms with Crippen LogP contribution in [-0.4, -0.2) is 31.6 Å². The summed E-state index contributed by atoms with van der Waals surface area (Å²) in [6.07, 6.45) is 0.519. The minimum absolute atomic E-state index is 0.218. The van der Waals surface area contributed by atoms with Gasteiger partial charge in [0.05, 0.1) is 13.2 Å². The Morgan fingerprint density at radius 1 is 1.20 bits per heavy atom. The number of amides is 2. The lowest BCUT2D eigenvalue weighted by molar-refractivity contribution is -0.136. The maximum atomic E-state index is 13.1. The van der Waals surface area contributed by atoms with Crippen LogP contribution < -0.4 is 20.1 Å². The van der Waals surface area contributed by atoms with Gasteiger partial charge in [0.15, 0.2) is 11.5 Å². The molecule has 1 aliphatic heterocycles. The lowest BCUT2D eigenvalue weighted by Gasteiger charge is -2.26. The molecule has 0 radical (unpaired) electrons. The van der Waals surface area contributed by atoms with E-state index in [2.05, 4.69) is 10.6 Å². The summed E-state index contributed by atoms with van der Waals surface area (Å²) in [5.74, 6) is -0.874. The number of methoxy groups -OCH3 is 1. The van der Waals surface area contributed by atoms with E-state index in [0.717, 1.165) is 11.6 Å². The number of rotatable bonds is 3. The topological polar surface area (TPSA) is 76.7 Å². The standard InChI is InChI=1S/C18H17FN2O4/c1-24-15-7-2-4-11-8-14(10-25-16(11)15)21-18(23)17(22)20-13-6-3-5-12(19)9-13/h2-7,9,14H,8,10H2,1H3,(H,20,22)(H,21,23)/t14-/m0/s1.